The van der Waals surface area contributed by atoms with Crippen LogP contribution in [0.4, 0.5) is 0 Å². The molecule has 1 atom stereocenters. The summed E-state index contributed by atoms with van der Waals surface area (Å²) < 4.78 is 0. The van der Waals surface area contributed by atoms with Crippen LogP contribution in [-0.4, -0.2) is 35.0 Å². The van der Waals surface area contributed by atoms with Gasteiger partial charge in [-0.25, -0.2) is 0 Å². The molecule has 1 unspecified atom stereocenters. The Hall–Kier alpha value is 0.310. The summed E-state index contributed by atoms with van der Waals surface area (Å²) >= 11 is 2.14. The van der Waals surface area contributed by atoms with E-state index in [9.17, 15) is 0 Å². The van der Waals surface area contributed by atoms with Crippen LogP contribution in [0.3, 0.4) is 0 Å². The molecule has 0 N–H and O–H groups in total. The molecule has 1 rings (SSSR count). The molecule has 1 aliphatic rings. The van der Waals surface area contributed by atoms with Crippen molar-refractivity contribution in [3.63, 3.8) is 0 Å². The highest BCUT2D eigenvalue weighted by molar-refractivity contribution is 8.01. The highest BCUT2D eigenvalue weighted by Crippen LogP contribution is 2.28. The van der Waals surface area contributed by atoms with Crippen LogP contribution in [0, 0.1) is 0 Å². The minimum atomic E-state index is 0.728. The Morgan fingerprint density at radius 1 is 1.50 bits per heavy atom. The van der Waals surface area contributed by atoms with E-state index in [1.807, 2.05) is 0 Å². The third-order valence-corrected chi connectivity index (χ3v) is 3.80. The Morgan fingerprint density at radius 2 is 2.17 bits per heavy atom. The molecule has 1 heterocycles. The summed E-state index contributed by atoms with van der Waals surface area (Å²) in [5.74, 6) is 1.39. The molecule has 1 fully saturated rings. The molecule has 0 saturated carbocycles. The molecule has 1 nitrogen and oxygen atoms in total. The Labute approximate surface area is 80.9 Å². The van der Waals surface area contributed by atoms with Gasteiger partial charge in [0.15, 0.2) is 0 Å². The Bertz CT molecular complexity index is 121. The topological polar surface area (TPSA) is 3.24 Å². The third-order valence-electron chi connectivity index (χ3n) is 2.47. The lowest BCUT2D eigenvalue weighted by Crippen LogP contribution is -2.39. The second-order valence-corrected chi connectivity index (χ2v) is 5.28. The van der Waals surface area contributed by atoms with Gasteiger partial charge in [-0.2, -0.15) is 11.8 Å². The predicted molar refractivity (Wildman–Crippen MR) is 57.9 cm³/mol. The Morgan fingerprint density at radius 3 is 2.50 bits per heavy atom. The van der Waals surface area contributed by atoms with Gasteiger partial charge in [-0.15, -0.1) is 0 Å². The average Bonchev–Trinajstić information content (AvgIpc) is 1.93. The molecule has 12 heavy (non-hydrogen) atoms. The summed E-state index contributed by atoms with van der Waals surface area (Å²) in [7, 11) is 0. The summed E-state index contributed by atoms with van der Waals surface area (Å²) in [5, 5.41) is 0.943. The lowest BCUT2D eigenvalue weighted by Gasteiger charge is -2.34. The van der Waals surface area contributed by atoms with Crippen LogP contribution in [0.5, 0.6) is 0 Å². The van der Waals surface area contributed by atoms with E-state index >= 15 is 0 Å². The van der Waals surface area contributed by atoms with Crippen LogP contribution >= 0.6 is 11.8 Å². The maximum Gasteiger partial charge on any atom is 0.0182 e. The minimum Gasteiger partial charge on any atom is -0.300 e. The van der Waals surface area contributed by atoms with Crippen LogP contribution in [0.25, 0.3) is 0 Å². The van der Waals surface area contributed by atoms with Gasteiger partial charge in [0.25, 0.3) is 0 Å². The minimum absolute atomic E-state index is 0.728. The maximum atomic E-state index is 2.61. The first-order valence-corrected chi connectivity index (χ1v) is 6.14. The Kier molecular flexibility index (Phi) is 4.44. The fraction of sp³-hybridized carbons (Fsp3) is 1.00. The zero-order valence-electron chi connectivity index (χ0n) is 8.55. The normalized spacial score (nSPS) is 23.2. The molecule has 0 amide bonds. The quantitative estimate of drug-likeness (QED) is 0.651. The SMILES string of the molecule is CCCN(CC1CCS1)C(C)C. The van der Waals surface area contributed by atoms with E-state index in [4.69, 9.17) is 0 Å². The summed E-state index contributed by atoms with van der Waals surface area (Å²) in [5.41, 5.74) is 0. The van der Waals surface area contributed by atoms with Crippen LogP contribution in [0.15, 0.2) is 0 Å². The molecule has 0 aromatic carbocycles. The highest BCUT2D eigenvalue weighted by Gasteiger charge is 2.21. The monoisotopic (exact) mass is 187 g/mol. The first-order chi connectivity index (χ1) is 5.74. The molecule has 0 aromatic rings. The third kappa shape index (κ3) is 2.98. The molecule has 72 valence electrons. The van der Waals surface area contributed by atoms with E-state index in [1.165, 1.54) is 31.7 Å². The lowest BCUT2D eigenvalue weighted by atomic mass is 10.2. The zero-order chi connectivity index (χ0) is 8.97. The van der Waals surface area contributed by atoms with E-state index in [-0.39, 0.29) is 0 Å². The van der Waals surface area contributed by atoms with E-state index in [1.54, 1.807) is 0 Å². The van der Waals surface area contributed by atoms with Gasteiger partial charge in [-0.3, -0.25) is 4.90 Å². The first-order valence-electron chi connectivity index (χ1n) is 5.09. The van der Waals surface area contributed by atoms with Gasteiger partial charge in [0.05, 0.1) is 0 Å². The maximum absolute atomic E-state index is 2.61. The fourth-order valence-corrected chi connectivity index (χ4v) is 2.40. The summed E-state index contributed by atoms with van der Waals surface area (Å²) in [6.45, 7) is 9.46. The van der Waals surface area contributed by atoms with Crippen molar-refractivity contribution in [1.82, 2.24) is 4.90 Å². The molecule has 0 bridgehead atoms. The summed E-state index contributed by atoms with van der Waals surface area (Å²) in [6, 6.07) is 0.728. The van der Waals surface area contributed by atoms with Crippen molar-refractivity contribution in [2.24, 2.45) is 0 Å². The second kappa shape index (κ2) is 5.13. The largest absolute Gasteiger partial charge is 0.300 e. The van der Waals surface area contributed by atoms with E-state index in [0.717, 1.165) is 11.3 Å². The van der Waals surface area contributed by atoms with Crippen molar-refractivity contribution in [2.75, 3.05) is 18.8 Å². The molecule has 0 spiro atoms. The van der Waals surface area contributed by atoms with Gasteiger partial charge in [0.1, 0.15) is 0 Å². The van der Waals surface area contributed by atoms with Crippen LogP contribution in [0.2, 0.25) is 0 Å². The summed E-state index contributed by atoms with van der Waals surface area (Å²) in [4.78, 5) is 2.61. The van der Waals surface area contributed by atoms with Crippen molar-refractivity contribution in [1.29, 1.82) is 0 Å². The van der Waals surface area contributed by atoms with Crippen molar-refractivity contribution < 1.29 is 0 Å². The first kappa shape index (κ1) is 10.4. The van der Waals surface area contributed by atoms with Gasteiger partial charge in [0.2, 0.25) is 0 Å². The average molecular weight is 187 g/mol. The molecule has 2 heteroatoms. The number of rotatable bonds is 5. The molecule has 1 aliphatic heterocycles. The summed E-state index contributed by atoms with van der Waals surface area (Å²) in [6.07, 6.45) is 2.73. The Balaban J connectivity index is 2.21. The van der Waals surface area contributed by atoms with Crippen LogP contribution < -0.4 is 0 Å². The number of nitrogens with zero attached hydrogens (tertiary/aromatic N) is 1. The lowest BCUT2D eigenvalue weighted by molar-refractivity contribution is 0.220. The van der Waals surface area contributed by atoms with Crippen molar-refractivity contribution in [3.8, 4) is 0 Å². The molecular formula is C10H21NS. The fourth-order valence-electron chi connectivity index (χ4n) is 1.54. The number of thioether (sulfide) groups is 1. The van der Waals surface area contributed by atoms with E-state index < -0.39 is 0 Å². The second-order valence-electron chi connectivity index (χ2n) is 3.87. The zero-order valence-corrected chi connectivity index (χ0v) is 9.36. The van der Waals surface area contributed by atoms with Gasteiger partial charge in [-0.05, 0) is 39.0 Å². The molecule has 0 aliphatic carbocycles. The van der Waals surface area contributed by atoms with Crippen LogP contribution in [-0.2, 0) is 0 Å². The van der Waals surface area contributed by atoms with E-state index in [0.29, 0.717) is 0 Å². The van der Waals surface area contributed by atoms with Crippen LogP contribution in [0.1, 0.15) is 33.6 Å². The molecule has 0 aromatic heterocycles. The van der Waals surface area contributed by atoms with Crippen molar-refractivity contribution in [3.05, 3.63) is 0 Å². The van der Waals surface area contributed by atoms with Gasteiger partial charge >= 0.3 is 0 Å². The predicted octanol–water partition coefficient (Wildman–Crippen LogP) is 2.61. The standard InChI is InChI=1S/C10H21NS/c1-4-6-11(9(2)3)8-10-5-7-12-10/h9-10H,4-8H2,1-3H3. The number of hydrogen-bond acceptors (Lipinski definition) is 2. The number of hydrogen-bond donors (Lipinski definition) is 0. The van der Waals surface area contributed by atoms with E-state index in [2.05, 4.69) is 37.4 Å². The molecular weight excluding hydrogens is 166 g/mol. The van der Waals surface area contributed by atoms with Gasteiger partial charge in [-0.1, -0.05) is 6.92 Å². The van der Waals surface area contributed by atoms with Gasteiger partial charge < -0.3 is 0 Å². The molecule has 0 radical (unpaired) electrons. The highest BCUT2D eigenvalue weighted by atomic mass is 32.2. The van der Waals surface area contributed by atoms with Crippen molar-refractivity contribution in [2.45, 2.75) is 44.9 Å². The smallest absolute Gasteiger partial charge is 0.0182 e. The van der Waals surface area contributed by atoms with Crippen molar-refractivity contribution >= 4 is 11.8 Å². The molecule has 1 saturated heterocycles. The van der Waals surface area contributed by atoms with Gasteiger partial charge in [0, 0.05) is 17.8 Å².